The van der Waals surface area contributed by atoms with Crippen molar-refractivity contribution >= 4 is 22.1 Å². The number of ether oxygens (including phenoxy) is 12. The molecule has 5 heterocycles. The first kappa shape index (κ1) is 50.5. The van der Waals surface area contributed by atoms with Crippen molar-refractivity contribution in [1.82, 2.24) is 19.9 Å². The maximum atomic E-state index is 12.7. The highest BCUT2D eigenvalue weighted by Crippen LogP contribution is 2.53. The summed E-state index contributed by atoms with van der Waals surface area (Å²) in [7, 11) is 18.6. The summed E-state index contributed by atoms with van der Waals surface area (Å²) in [5, 5.41) is 25.3. The van der Waals surface area contributed by atoms with Crippen LogP contribution < -0.4 is 56.8 Å². The van der Waals surface area contributed by atoms with Gasteiger partial charge in [0.15, 0.2) is 46.0 Å². The molecule has 2 aliphatic rings. The molecule has 0 radical (unpaired) electrons. The fourth-order valence-electron chi connectivity index (χ4n) is 9.94. The molecule has 2 atom stereocenters. The summed E-state index contributed by atoms with van der Waals surface area (Å²) in [6.07, 6.45) is -2.36. The lowest BCUT2D eigenvalue weighted by Crippen LogP contribution is -2.06. The number of aromatic nitrogens is 4. The molecule has 8 bridgehead atoms. The molecular weight excluding hydrogens is 953 g/mol. The summed E-state index contributed by atoms with van der Waals surface area (Å²) < 4.78 is 71.4. The number of nitrogens with one attached hydrogen (secondary N) is 2. The number of nitrogens with zero attached hydrogens (tertiary/aromatic N) is 2. The van der Waals surface area contributed by atoms with Crippen molar-refractivity contribution in [3.05, 3.63) is 95.6 Å². The van der Waals surface area contributed by atoms with E-state index in [1.165, 1.54) is 42.7 Å². The van der Waals surface area contributed by atoms with Crippen LogP contribution in [0.3, 0.4) is 0 Å². The van der Waals surface area contributed by atoms with E-state index in [0.29, 0.717) is 160 Å². The predicted molar refractivity (Wildman–Crippen MR) is 279 cm³/mol. The van der Waals surface area contributed by atoms with Crippen LogP contribution in [0.15, 0.2) is 72.8 Å². The molecule has 3 aromatic heterocycles. The Balaban J connectivity index is 1.60. The monoisotopic (exact) mass is 1010 g/mol. The molecule has 386 valence electrons. The third-order valence-electron chi connectivity index (χ3n) is 13.3. The summed E-state index contributed by atoms with van der Waals surface area (Å²) in [6, 6.07) is 21.7. The molecule has 0 fully saturated rings. The van der Waals surface area contributed by atoms with E-state index >= 15 is 0 Å². The molecule has 4 aromatic carbocycles. The number of H-pyrrole nitrogens is 2. The van der Waals surface area contributed by atoms with Gasteiger partial charge >= 0.3 is 0 Å². The number of aliphatic hydroxyl groups excluding tert-OH is 2. The predicted octanol–water partition coefficient (Wildman–Crippen LogP) is 9.64. The third kappa shape index (κ3) is 8.54. The van der Waals surface area contributed by atoms with Crippen LogP contribution in [0.2, 0.25) is 0 Å². The average Bonchev–Trinajstić information content (AvgIpc) is 4.27. The van der Waals surface area contributed by atoms with Crippen molar-refractivity contribution < 1.29 is 67.1 Å². The summed E-state index contributed by atoms with van der Waals surface area (Å²) in [5.74, 6) is 4.84. The Morgan fingerprint density at radius 2 is 0.622 bits per heavy atom. The highest BCUT2D eigenvalue weighted by atomic mass is 16.5. The molecule has 0 saturated heterocycles. The van der Waals surface area contributed by atoms with Crippen LogP contribution in [0, 0.1) is 0 Å². The van der Waals surface area contributed by atoms with Crippen molar-refractivity contribution in [2.45, 2.75) is 25.0 Å². The van der Waals surface area contributed by atoms with Gasteiger partial charge in [0.2, 0.25) is 0 Å². The maximum absolute atomic E-state index is 12.7. The number of aromatic amines is 2. The molecular formula is C56H58N4O14. The molecule has 0 spiro atoms. The van der Waals surface area contributed by atoms with Crippen LogP contribution in [0.5, 0.6) is 69.0 Å². The van der Waals surface area contributed by atoms with E-state index in [1.54, 1.807) is 79.1 Å². The van der Waals surface area contributed by atoms with Crippen molar-refractivity contribution in [2.24, 2.45) is 0 Å². The largest absolute Gasteiger partial charge is 0.497 e. The van der Waals surface area contributed by atoms with Crippen LogP contribution in [0.4, 0.5) is 0 Å². The standard InChI is InChI=1S/C56H58N4O14/c1-63-27-19-31(53(71-9)41(23-27)67-5)45-35-13-14-36(57-35)46(32-20-28(64-2)24-42(68-6)54(32)72-10)38-16-18-40(59-38)48(34-22-30(66-4)26-44(70-8)56(34)74-12)50-52(62)51(61)49(60-50)47(39-17-15-37(45)58-39)33-21-29(65-3)25-43(69-7)55(33)73-11/h15-26,51-52,58-59,61-62H,13-14H2,1-12H3/t51-,52+. The molecule has 0 unspecified atom stereocenters. The maximum Gasteiger partial charge on any atom is 0.168 e. The first-order valence-corrected chi connectivity index (χ1v) is 23.3. The molecule has 18 heteroatoms. The smallest absolute Gasteiger partial charge is 0.168 e. The molecule has 2 aliphatic heterocycles. The minimum absolute atomic E-state index is 0.0798. The first-order chi connectivity index (χ1) is 36.0. The topological polar surface area (TPSA) is 209 Å². The zero-order valence-electron chi connectivity index (χ0n) is 43.2. The normalized spacial score (nSPS) is 14.0. The number of fused-ring (bicyclic) bond motifs is 8. The quantitative estimate of drug-likeness (QED) is 0.0710. The lowest BCUT2D eigenvalue weighted by Gasteiger charge is -2.18. The van der Waals surface area contributed by atoms with Crippen LogP contribution in [0.1, 0.15) is 35.0 Å². The Morgan fingerprint density at radius 3 is 0.878 bits per heavy atom. The van der Waals surface area contributed by atoms with Gasteiger partial charge in [0.05, 0.1) is 108 Å². The zero-order valence-corrected chi connectivity index (χ0v) is 43.2. The minimum Gasteiger partial charge on any atom is -0.497 e. The summed E-state index contributed by atoms with van der Waals surface area (Å²) >= 11 is 0. The fraction of sp³-hybridized carbons (Fsp3) is 0.286. The molecule has 9 rings (SSSR count). The number of hydrogen-bond donors (Lipinski definition) is 4. The van der Waals surface area contributed by atoms with Crippen molar-refractivity contribution in [3.8, 4) is 114 Å². The number of hydrogen-bond acceptors (Lipinski definition) is 16. The van der Waals surface area contributed by atoms with Gasteiger partial charge in [-0.1, -0.05) is 0 Å². The Kier molecular flexibility index (Phi) is 14.3. The summed E-state index contributed by atoms with van der Waals surface area (Å²) in [6.45, 7) is 0. The Morgan fingerprint density at radius 1 is 0.351 bits per heavy atom. The first-order valence-electron chi connectivity index (χ1n) is 23.3. The van der Waals surface area contributed by atoms with Crippen molar-refractivity contribution in [2.75, 3.05) is 85.3 Å². The van der Waals surface area contributed by atoms with E-state index < -0.39 is 12.2 Å². The fourth-order valence-corrected chi connectivity index (χ4v) is 9.94. The lowest BCUT2D eigenvalue weighted by molar-refractivity contribution is 0.0259. The van der Waals surface area contributed by atoms with E-state index in [2.05, 4.69) is 9.97 Å². The van der Waals surface area contributed by atoms with Gasteiger partial charge in [0, 0.05) is 90.8 Å². The van der Waals surface area contributed by atoms with Crippen LogP contribution >= 0.6 is 0 Å². The van der Waals surface area contributed by atoms with Gasteiger partial charge in [-0.2, -0.15) is 0 Å². The Hall–Kier alpha value is -8.48. The average molecular weight is 1010 g/mol. The molecule has 18 nitrogen and oxygen atoms in total. The number of methoxy groups -OCH3 is 12. The van der Waals surface area contributed by atoms with Gasteiger partial charge in [0.25, 0.3) is 0 Å². The summed E-state index contributed by atoms with van der Waals surface area (Å²) in [5.41, 5.74) is 7.70. The minimum atomic E-state index is -1.63. The number of benzene rings is 4. The van der Waals surface area contributed by atoms with Gasteiger partial charge in [-0.25, -0.2) is 0 Å². The van der Waals surface area contributed by atoms with E-state index in [4.69, 9.17) is 66.8 Å². The molecule has 4 N–H and O–H groups in total. The molecule has 0 amide bonds. The molecule has 74 heavy (non-hydrogen) atoms. The summed E-state index contributed by atoms with van der Waals surface area (Å²) in [4.78, 5) is 18.2. The van der Waals surface area contributed by atoms with E-state index in [0.717, 1.165) is 0 Å². The third-order valence-corrected chi connectivity index (χ3v) is 13.3. The van der Waals surface area contributed by atoms with Crippen LogP contribution in [0.25, 0.3) is 66.6 Å². The lowest BCUT2D eigenvalue weighted by atomic mass is 9.96. The second-order valence-electron chi connectivity index (χ2n) is 17.0. The SMILES string of the molecule is COc1cc(OC)c(OC)c(-c2c3nc(c(-c4cc(OC)cc(OC)c4OC)c4ccc([nH]4)c(-c4cc(OC)cc(OC)c4OC)c4nc(c(-c5cc(OC)cc(OC)c5OC)c5ccc2[nH]5)[C@@H](O)[C@H]4O)CC3)c1. The second kappa shape index (κ2) is 20.9. The van der Waals surface area contributed by atoms with Gasteiger partial charge in [-0.05, 0) is 61.4 Å². The van der Waals surface area contributed by atoms with E-state index in [1.807, 2.05) is 36.4 Å². The second-order valence-corrected chi connectivity index (χ2v) is 17.0. The molecule has 7 aromatic rings. The Labute approximate surface area is 427 Å². The van der Waals surface area contributed by atoms with Crippen molar-refractivity contribution in [3.63, 3.8) is 0 Å². The van der Waals surface area contributed by atoms with Gasteiger partial charge in [0.1, 0.15) is 35.2 Å². The van der Waals surface area contributed by atoms with Crippen molar-refractivity contribution in [1.29, 1.82) is 0 Å². The van der Waals surface area contributed by atoms with Crippen LogP contribution in [-0.4, -0.2) is 115 Å². The number of aliphatic hydroxyl groups is 2. The highest BCUT2D eigenvalue weighted by molar-refractivity contribution is 5.97. The molecule has 0 saturated carbocycles. The zero-order chi connectivity index (χ0) is 52.5. The van der Waals surface area contributed by atoms with E-state index in [-0.39, 0.29) is 11.4 Å². The number of rotatable bonds is 16. The van der Waals surface area contributed by atoms with E-state index in [9.17, 15) is 10.2 Å². The van der Waals surface area contributed by atoms with Gasteiger partial charge in [-0.15, -0.1) is 0 Å². The van der Waals surface area contributed by atoms with Gasteiger partial charge in [-0.3, -0.25) is 9.97 Å². The highest BCUT2D eigenvalue weighted by Gasteiger charge is 2.37. The Bertz CT molecular complexity index is 3240. The molecule has 0 aliphatic carbocycles. The number of aryl methyl sites for hydroxylation is 2. The van der Waals surface area contributed by atoms with Crippen LogP contribution in [-0.2, 0) is 12.8 Å². The van der Waals surface area contributed by atoms with Gasteiger partial charge < -0.3 is 77.0 Å².